The Kier molecular flexibility index (Phi) is 5.61. The molecule has 5 heteroatoms. The van der Waals surface area contributed by atoms with Crippen molar-refractivity contribution in [3.8, 4) is 5.75 Å². The van der Waals surface area contributed by atoms with Gasteiger partial charge in [0.15, 0.2) is 0 Å². The molecule has 0 aliphatic rings. The lowest BCUT2D eigenvalue weighted by Gasteiger charge is -2.08. The molecule has 3 aromatic carbocycles. The van der Waals surface area contributed by atoms with E-state index in [0.717, 1.165) is 5.56 Å². The van der Waals surface area contributed by atoms with Crippen LogP contribution in [0.3, 0.4) is 0 Å². The Bertz CT molecular complexity index is 967. The number of nitrogens with one attached hydrogen (secondary N) is 1. The van der Waals surface area contributed by atoms with E-state index in [9.17, 15) is 14.0 Å². The van der Waals surface area contributed by atoms with Crippen LogP contribution < -0.4 is 10.1 Å². The van der Waals surface area contributed by atoms with Crippen LogP contribution in [0.25, 0.3) is 0 Å². The largest absolute Gasteiger partial charge is 0.426 e. The number of carbonyl (C=O) groups is 2. The van der Waals surface area contributed by atoms with Gasteiger partial charge in [0.2, 0.25) is 0 Å². The van der Waals surface area contributed by atoms with E-state index in [1.807, 2.05) is 19.1 Å². The van der Waals surface area contributed by atoms with Crippen LogP contribution in [0.4, 0.5) is 10.1 Å². The Morgan fingerprint density at radius 3 is 2.41 bits per heavy atom. The molecule has 0 heterocycles. The van der Waals surface area contributed by atoms with Gasteiger partial charge in [0, 0.05) is 11.3 Å². The number of carbonyl (C=O) groups excluding carboxylic acids is 2. The minimum atomic E-state index is -0.559. The summed E-state index contributed by atoms with van der Waals surface area (Å²) in [6.07, 6.45) is -0.154. The SMILES string of the molecule is Cc1cccc(C(=O)Nc2ccc(OC(=O)Cc3ccccc3F)cc2)c1. The van der Waals surface area contributed by atoms with Gasteiger partial charge < -0.3 is 10.1 Å². The number of halogens is 1. The third-order valence-corrected chi connectivity index (χ3v) is 3.92. The highest BCUT2D eigenvalue weighted by atomic mass is 19.1. The number of esters is 1. The molecule has 1 N–H and O–H groups in total. The molecular weight excluding hydrogens is 345 g/mol. The Balaban J connectivity index is 1.59. The summed E-state index contributed by atoms with van der Waals surface area (Å²) in [4.78, 5) is 24.2. The summed E-state index contributed by atoms with van der Waals surface area (Å²) in [5, 5.41) is 2.78. The first-order valence-electron chi connectivity index (χ1n) is 8.43. The van der Waals surface area contributed by atoms with E-state index in [-0.39, 0.29) is 17.9 Å². The molecule has 0 spiro atoms. The molecule has 3 rings (SSSR count). The molecule has 0 radical (unpaired) electrons. The highest BCUT2D eigenvalue weighted by Gasteiger charge is 2.11. The van der Waals surface area contributed by atoms with Gasteiger partial charge >= 0.3 is 5.97 Å². The number of benzene rings is 3. The van der Waals surface area contributed by atoms with Crippen LogP contribution in [0, 0.1) is 12.7 Å². The number of ether oxygens (including phenoxy) is 1. The predicted octanol–water partition coefficient (Wildman–Crippen LogP) is 4.53. The molecule has 0 aliphatic heterocycles. The van der Waals surface area contributed by atoms with E-state index in [1.165, 1.54) is 6.07 Å². The number of aryl methyl sites for hydroxylation is 1. The number of amides is 1. The van der Waals surface area contributed by atoms with Crippen LogP contribution in [0.1, 0.15) is 21.5 Å². The quantitative estimate of drug-likeness (QED) is 0.535. The summed E-state index contributed by atoms with van der Waals surface area (Å²) in [6, 6.07) is 19.8. The minimum absolute atomic E-state index is 0.154. The number of hydrogen-bond donors (Lipinski definition) is 1. The van der Waals surface area contributed by atoms with Gasteiger partial charge in [0.1, 0.15) is 11.6 Å². The molecule has 0 saturated heterocycles. The molecule has 0 bridgehead atoms. The summed E-state index contributed by atoms with van der Waals surface area (Å²) in [5.74, 6) is -0.895. The fraction of sp³-hybridized carbons (Fsp3) is 0.0909. The summed E-state index contributed by atoms with van der Waals surface area (Å²) in [6.45, 7) is 1.92. The molecule has 0 atom stereocenters. The fourth-order valence-electron chi connectivity index (χ4n) is 2.56. The van der Waals surface area contributed by atoms with Gasteiger partial charge in [-0.15, -0.1) is 0 Å². The van der Waals surface area contributed by atoms with Crippen LogP contribution in [-0.4, -0.2) is 11.9 Å². The van der Waals surface area contributed by atoms with E-state index in [2.05, 4.69) is 5.32 Å². The maximum Gasteiger partial charge on any atom is 0.315 e. The van der Waals surface area contributed by atoms with Crippen LogP contribution in [-0.2, 0) is 11.2 Å². The summed E-state index contributed by atoms with van der Waals surface area (Å²) >= 11 is 0. The standard InChI is InChI=1S/C22H18FNO3/c1-15-5-4-7-17(13-15)22(26)24-18-9-11-19(12-10-18)27-21(25)14-16-6-2-3-8-20(16)23/h2-13H,14H2,1H3,(H,24,26). The lowest BCUT2D eigenvalue weighted by Crippen LogP contribution is -2.13. The van der Waals surface area contributed by atoms with Crippen molar-refractivity contribution in [3.05, 3.63) is 95.3 Å². The van der Waals surface area contributed by atoms with Crippen LogP contribution in [0.2, 0.25) is 0 Å². The number of hydrogen-bond acceptors (Lipinski definition) is 3. The molecule has 0 aromatic heterocycles. The van der Waals surface area contributed by atoms with Crippen molar-refractivity contribution >= 4 is 17.6 Å². The zero-order valence-electron chi connectivity index (χ0n) is 14.7. The Labute approximate surface area is 156 Å². The second-order valence-corrected chi connectivity index (χ2v) is 6.09. The van der Waals surface area contributed by atoms with Crippen molar-refractivity contribution in [2.24, 2.45) is 0 Å². The lowest BCUT2D eigenvalue weighted by atomic mass is 10.1. The lowest BCUT2D eigenvalue weighted by molar-refractivity contribution is -0.133. The monoisotopic (exact) mass is 363 g/mol. The number of anilines is 1. The van der Waals surface area contributed by atoms with Gasteiger partial charge in [0.05, 0.1) is 6.42 Å². The Morgan fingerprint density at radius 1 is 0.963 bits per heavy atom. The summed E-state index contributed by atoms with van der Waals surface area (Å²) in [7, 11) is 0. The van der Waals surface area contributed by atoms with E-state index >= 15 is 0 Å². The first-order valence-corrected chi connectivity index (χ1v) is 8.43. The molecule has 136 valence electrons. The van der Waals surface area contributed by atoms with Gasteiger partial charge in [0.25, 0.3) is 5.91 Å². The molecule has 3 aromatic rings. The highest BCUT2D eigenvalue weighted by molar-refractivity contribution is 6.04. The van der Waals surface area contributed by atoms with Gasteiger partial charge in [-0.3, -0.25) is 9.59 Å². The highest BCUT2D eigenvalue weighted by Crippen LogP contribution is 2.18. The molecule has 27 heavy (non-hydrogen) atoms. The topological polar surface area (TPSA) is 55.4 Å². The van der Waals surface area contributed by atoms with Gasteiger partial charge in [-0.25, -0.2) is 4.39 Å². The summed E-state index contributed by atoms with van der Waals surface area (Å²) < 4.78 is 18.8. The second-order valence-electron chi connectivity index (χ2n) is 6.09. The maximum absolute atomic E-state index is 13.6. The number of rotatable bonds is 5. The van der Waals surface area contributed by atoms with Crippen LogP contribution in [0.5, 0.6) is 5.75 Å². The molecule has 0 unspecified atom stereocenters. The zero-order chi connectivity index (χ0) is 19.2. The summed E-state index contributed by atoms with van der Waals surface area (Å²) in [5.41, 5.74) is 2.43. The van der Waals surface area contributed by atoms with Gasteiger partial charge in [-0.05, 0) is 55.0 Å². The molecule has 0 aliphatic carbocycles. The van der Waals surface area contributed by atoms with Crippen molar-refractivity contribution in [1.29, 1.82) is 0 Å². The Morgan fingerprint density at radius 2 is 1.70 bits per heavy atom. The molecule has 0 saturated carbocycles. The normalized spacial score (nSPS) is 10.3. The minimum Gasteiger partial charge on any atom is -0.426 e. The first-order chi connectivity index (χ1) is 13.0. The van der Waals surface area contributed by atoms with E-state index in [4.69, 9.17) is 4.74 Å². The molecule has 1 amide bonds. The fourth-order valence-corrected chi connectivity index (χ4v) is 2.56. The van der Waals surface area contributed by atoms with Crippen molar-refractivity contribution in [2.45, 2.75) is 13.3 Å². The van der Waals surface area contributed by atoms with Crippen molar-refractivity contribution < 1.29 is 18.7 Å². The maximum atomic E-state index is 13.6. The molecule has 4 nitrogen and oxygen atoms in total. The zero-order valence-corrected chi connectivity index (χ0v) is 14.7. The van der Waals surface area contributed by atoms with E-state index in [0.29, 0.717) is 17.0 Å². The molecular formula is C22H18FNO3. The van der Waals surface area contributed by atoms with Gasteiger partial charge in [-0.2, -0.15) is 0 Å². The predicted molar refractivity (Wildman–Crippen MR) is 101 cm³/mol. The van der Waals surface area contributed by atoms with Crippen LogP contribution in [0.15, 0.2) is 72.8 Å². The second kappa shape index (κ2) is 8.27. The third-order valence-electron chi connectivity index (χ3n) is 3.92. The van der Waals surface area contributed by atoms with Gasteiger partial charge in [-0.1, -0.05) is 35.9 Å². The Hall–Kier alpha value is -3.47. The average Bonchev–Trinajstić information content (AvgIpc) is 2.65. The van der Waals surface area contributed by atoms with Crippen molar-refractivity contribution in [1.82, 2.24) is 0 Å². The third kappa shape index (κ3) is 5.01. The van der Waals surface area contributed by atoms with Crippen molar-refractivity contribution in [3.63, 3.8) is 0 Å². The first kappa shape index (κ1) is 18.3. The van der Waals surface area contributed by atoms with E-state index < -0.39 is 11.8 Å². The van der Waals surface area contributed by atoms with Crippen molar-refractivity contribution in [2.75, 3.05) is 5.32 Å². The van der Waals surface area contributed by atoms with Crippen LogP contribution >= 0.6 is 0 Å². The smallest absolute Gasteiger partial charge is 0.315 e. The van der Waals surface area contributed by atoms with E-state index in [1.54, 1.807) is 54.6 Å². The molecule has 0 fully saturated rings. The average molecular weight is 363 g/mol.